The molecule has 36 heavy (non-hydrogen) atoms. The average Bonchev–Trinajstić information content (AvgIpc) is 2.90. The predicted octanol–water partition coefficient (Wildman–Crippen LogP) is 4.36. The summed E-state index contributed by atoms with van der Waals surface area (Å²) < 4.78 is 16.0. The minimum absolute atomic E-state index is 0.0745. The fourth-order valence-electron chi connectivity index (χ4n) is 4.99. The molecule has 0 bridgehead atoms. The van der Waals surface area contributed by atoms with E-state index in [0.29, 0.717) is 24.3 Å². The Morgan fingerprint density at radius 1 is 0.944 bits per heavy atom. The van der Waals surface area contributed by atoms with Gasteiger partial charge in [-0.25, -0.2) is 4.39 Å². The van der Waals surface area contributed by atoms with E-state index in [1.54, 1.807) is 29.8 Å². The Labute approximate surface area is 209 Å². The molecule has 0 saturated carbocycles. The quantitative estimate of drug-likeness (QED) is 0.441. The lowest BCUT2D eigenvalue weighted by atomic mass is 9.95. The Morgan fingerprint density at radius 3 is 2.39 bits per heavy atom. The predicted molar refractivity (Wildman–Crippen MR) is 139 cm³/mol. The third kappa shape index (κ3) is 4.88. The molecule has 1 saturated heterocycles. The summed E-state index contributed by atoms with van der Waals surface area (Å²) in [5, 5.41) is 11.1. The highest BCUT2D eigenvalue weighted by Gasteiger charge is 2.32. The molecule has 184 valence electrons. The minimum atomic E-state index is -0.582. The van der Waals surface area contributed by atoms with E-state index in [0.717, 1.165) is 24.5 Å². The van der Waals surface area contributed by atoms with Crippen LogP contribution in [0.15, 0.2) is 89.9 Å². The number of piperazine rings is 1. The van der Waals surface area contributed by atoms with E-state index < -0.39 is 6.04 Å². The summed E-state index contributed by atoms with van der Waals surface area (Å²) in [5.74, 6) is -0.449. The summed E-state index contributed by atoms with van der Waals surface area (Å²) >= 11 is 0. The zero-order chi connectivity index (χ0) is 25.1. The van der Waals surface area contributed by atoms with E-state index in [9.17, 15) is 14.3 Å². The smallest absolute Gasteiger partial charge is 0.260 e. The minimum Gasteiger partial charge on any atom is -0.507 e. The molecule has 3 heterocycles. The fraction of sp³-hybridized carbons (Fsp3) is 0.241. The highest BCUT2D eigenvalue weighted by molar-refractivity contribution is 5.47. The molecule has 1 aliphatic rings. The van der Waals surface area contributed by atoms with Crippen LogP contribution < -0.4 is 10.5 Å². The van der Waals surface area contributed by atoms with E-state index in [-0.39, 0.29) is 29.2 Å². The Morgan fingerprint density at radius 2 is 1.69 bits per heavy atom. The topological polar surface area (TPSA) is 61.6 Å². The first-order chi connectivity index (χ1) is 17.5. The van der Waals surface area contributed by atoms with Gasteiger partial charge < -0.3 is 14.6 Å². The standard InChI is InChI=1S/C29H29FN4O2/c1-21-18-26(35)27(29(36)34(21)20-24-10-5-6-13-31-24)28(22-8-7-9-23(30)19-22)33-16-14-32(15-17-33)25-11-3-2-4-12-25/h2-13,18-19,28,35H,14-17,20H2,1H3. The monoisotopic (exact) mass is 484 g/mol. The van der Waals surface area contributed by atoms with Gasteiger partial charge in [-0.05, 0) is 55.0 Å². The van der Waals surface area contributed by atoms with Gasteiger partial charge in [0.1, 0.15) is 11.6 Å². The van der Waals surface area contributed by atoms with E-state index >= 15 is 0 Å². The molecule has 1 aliphatic heterocycles. The van der Waals surface area contributed by atoms with Gasteiger partial charge in [0.2, 0.25) is 0 Å². The van der Waals surface area contributed by atoms with Crippen LogP contribution in [0.2, 0.25) is 0 Å². The summed E-state index contributed by atoms with van der Waals surface area (Å²) in [6, 6.07) is 23.1. The number of rotatable bonds is 6. The molecule has 7 heteroatoms. The van der Waals surface area contributed by atoms with Crippen molar-refractivity contribution in [1.29, 1.82) is 0 Å². The second-order valence-corrected chi connectivity index (χ2v) is 9.11. The summed E-state index contributed by atoms with van der Waals surface area (Å²) in [7, 11) is 0. The molecule has 4 aromatic rings. The van der Waals surface area contributed by atoms with Gasteiger partial charge in [-0.3, -0.25) is 14.7 Å². The van der Waals surface area contributed by atoms with Crippen LogP contribution in [0.1, 0.15) is 28.6 Å². The van der Waals surface area contributed by atoms with Gasteiger partial charge in [-0.15, -0.1) is 0 Å². The van der Waals surface area contributed by atoms with Crippen molar-refractivity contribution < 1.29 is 9.50 Å². The number of aromatic hydroxyl groups is 1. The number of hydrogen-bond acceptors (Lipinski definition) is 5. The van der Waals surface area contributed by atoms with Crippen molar-refractivity contribution in [1.82, 2.24) is 14.5 Å². The van der Waals surface area contributed by atoms with Crippen LogP contribution in [0.5, 0.6) is 5.75 Å². The molecule has 1 fully saturated rings. The van der Waals surface area contributed by atoms with Gasteiger partial charge in [0.15, 0.2) is 0 Å². The summed E-state index contributed by atoms with van der Waals surface area (Å²) in [6.45, 7) is 4.90. The first kappa shape index (κ1) is 23.8. The van der Waals surface area contributed by atoms with E-state index in [4.69, 9.17) is 0 Å². The van der Waals surface area contributed by atoms with Crippen LogP contribution in [-0.2, 0) is 6.54 Å². The SMILES string of the molecule is Cc1cc(O)c(C(c2cccc(F)c2)N2CCN(c3ccccc3)CC2)c(=O)n1Cc1ccccn1. The Balaban J connectivity index is 1.54. The van der Waals surface area contributed by atoms with Crippen molar-refractivity contribution in [3.05, 3.63) is 124 Å². The third-order valence-corrected chi connectivity index (χ3v) is 6.81. The highest BCUT2D eigenvalue weighted by Crippen LogP contribution is 2.34. The number of pyridine rings is 2. The molecule has 2 aromatic carbocycles. The van der Waals surface area contributed by atoms with Crippen molar-refractivity contribution in [2.75, 3.05) is 31.1 Å². The van der Waals surface area contributed by atoms with Crippen molar-refractivity contribution in [2.24, 2.45) is 0 Å². The van der Waals surface area contributed by atoms with Crippen LogP contribution >= 0.6 is 0 Å². The van der Waals surface area contributed by atoms with E-state index in [1.165, 1.54) is 12.1 Å². The number of aryl methyl sites for hydroxylation is 1. The molecule has 0 aliphatic carbocycles. The molecule has 5 rings (SSSR count). The molecule has 0 spiro atoms. The lowest BCUT2D eigenvalue weighted by molar-refractivity contribution is 0.207. The van der Waals surface area contributed by atoms with Crippen LogP contribution in [0.4, 0.5) is 10.1 Å². The number of nitrogens with zero attached hydrogens (tertiary/aromatic N) is 4. The summed E-state index contributed by atoms with van der Waals surface area (Å²) in [5.41, 5.74) is 3.14. The zero-order valence-electron chi connectivity index (χ0n) is 20.2. The maximum atomic E-state index is 14.3. The molecule has 1 N–H and O–H groups in total. The molecule has 1 atom stereocenters. The third-order valence-electron chi connectivity index (χ3n) is 6.81. The van der Waals surface area contributed by atoms with Gasteiger partial charge in [-0.1, -0.05) is 36.4 Å². The largest absolute Gasteiger partial charge is 0.507 e. The van der Waals surface area contributed by atoms with Crippen LogP contribution in [0.25, 0.3) is 0 Å². The maximum Gasteiger partial charge on any atom is 0.260 e. The Bertz CT molecular complexity index is 1380. The Kier molecular flexibility index (Phi) is 6.82. The number of aromatic nitrogens is 2. The number of anilines is 1. The second kappa shape index (κ2) is 10.3. The van der Waals surface area contributed by atoms with Gasteiger partial charge in [-0.2, -0.15) is 0 Å². The zero-order valence-corrected chi connectivity index (χ0v) is 20.2. The molecular formula is C29H29FN4O2. The molecule has 1 unspecified atom stereocenters. The van der Waals surface area contributed by atoms with Crippen LogP contribution in [0.3, 0.4) is 0 Å². The summed E-state index contributed by atoms with van der Waals surface area (Å²) in [6.07, 6.45) is 1.69. The van der Waals surface area contributed by atoms with Crippen molar-refractivity contribution in [3.8, 4) is 5.75 Å². The number of hydrogen-bond donors (Lipinski definition) is 1. The molecule has 0 radical (unpaired) electrons. The number of halogens is 1. The van der Waals surface area contributed by atoms with Crippen molar-refractivity contribution in [2.45, 2.75) is 19.5 Å². The number of benzene rings is 2. The van der Waals surface area contributed by atoms with Gasteiger partial charge in [0.25, 0.3) is 5.56 Å². The first-order valence-corrected chi connectivity index (χ1v) is 12.1. The maximum absolute atomic E-state index is 14.3. The van der Waals surface area contributed by atoms with Gasteiger partial charge in [0.05, 0.1) is 23.8 Å². The first-order valence-electron chi connectivity index (χ1n) is 12.1. The second-order valence-electron chi connectivity index (χ2n) is 9.11. The molecule has 2 aromatic heterocycles. The molecular weight excluding hydrogens is 455 g/mol. The lowest BCUT2D eigenvalue weighted by Crippen LogP contribution is -2.49. The fourth-order valence-corrected chi connectivity index (χ4v) is 4.99. The van der Waals surface area contributed by atoms with Crippen LogP contribution in [0, 0.1) is 12.7 Å². The van der Waals surface area contributed by atoms with Crippen molar-refractivity contribution in [3.63, 3.8) is 0 Å². The Hall–Kier alpha value is -3.97. The summed E-state index contributed by atoms with van der Waals surface area (Å²) in [4.78, 5) is 22.7. The van der Waals surface area contributed by atoms with Gasteiger partial charge in [0, 0.05) is 43.8 Å². The van der Waals surface area contributed by atoms with E-state index in [1.807, 2.05) is 42.5 Å². The van der Waals surface area contributed by atoms with Crippen molar-refractivity contribution >= 4 is 5.69 Å². The molecule has 0 amide bonds. The normalized spacial score (nSPS) is 15.1. The number of para-hydroxylation sites is 1. The van der Waals surface area contributed by atoms with Crippen LogP contribution in [-0.4, -0.2) is 45.7 Å². The lowest BCUT2D eigenvalue weighted by Gasteiger charge is -2.40. The van der Waals surface area contributed by atoms with E-state index in [2.05, 4.69) is 26.9 Å². The molecule has 6 nitrogen and oxygen atoms in total. The van der Waals surface area contributed by atoms with Gasteiger partial charge >= 0.3 is 0 Å². The average molecular weight is 485 g/mol. The highest BCUT2D eigenvalue weighted by atomic mass is 19.1.